The van der Waals surface area contributed by atoms with E-state index in [0.29, 0.717) is 0 Å². The number of primary amides is 1. The zero-order valence-electron chi connectivity index (χ0n) is 18.0. The van der Waals surface area contributed by atoms with Gasteiger partial charge in [-0.3, -0.25) is 19.2 Å². The lowest BCUT2D eigenvalue weighted by Gasteiger charge is -2.27. The van der Waals surface area contributed by atoms with Crippen molar-refractivity contribution in [3.63, 3.8) is 0 Å². The smallest absolute Gasteiger partial charge is 0.328 e. The topological polar surface area (TPSA) is 234 Å². The van der Waals surface area contributed by atoms with E-state index in [2.05, 4.69) is 16.0 Å². The molecule has 0 rings (SSSR count). The molecule has 13 heteroatoms. The first kappa shape index (κ1) is 28.2. The van der Waals surface area contributed by atoms with Crippen LogP contribution < -0.4 is 27.4 Å². The molecule has 10 N–H and O–H groups in total. The van der Waals surface area contributed by atoms with Crippen LogP contribution in [0.3, 0.4) is 0 Å². The molecule has 6 unspecified atom stereocenters. The average molecular weight is 447 g/mol. The Labute approximate surface area is 179 Å². The van der Waals surface area contributed by atoms with Crippen molar-refractivity contribution in [2.75, 3.05) is 0 Å². The summed E-state index contributed by atoms with van der Waals surface area (Å²) in [7, 11) is 0. The molecule has 0 fully saturated rings. The van der Waals surface area contributed by atoms with Crippen molar-refractivity contribution in [3.05, 3.63) is 0 Å². The Morgan fingerprint density at radius 2 is 1.29 bits per heavy atom. The van der Waals surface area contributed by atoms with E-state index >= 15 is 0 Å². The number of nitrogens with one attached hydrogen (secondary N) is 3. The van der Waals surface area contributed by atoms with E-state index in [4.69, 9.17) is 16.6 Å². The fourth-order valence-corrected chi connectivity index (χ4v) is 2.58. The predicted molar refractivity (Wildman–Crippen MR) is 108 cm³/mol. The molecule has 0 aliphatic heterocycles. The van der Waals surface area contributed by atoms with E-state index in [1.54, 1.807) is 13.8 Å². The molecule has 0 aromatic heterocycles. The number of carbonyl (C=O) groups excluding carboxylic acids is 4. The summed E-state index contributed by atoms with van der Waals surface area (Å²) in [5, 5.41) is 35.3. The molecule has 0 spiro atoms. The van der Waals surface area contributed by atoms with Gasteiger partial charge in [-0.15, -0.1) is 0 Å². The third kappa shape index (κ3) is 10.2. The summed E-state index contributed by atoms with van der Waals surface area (Å²) in [6.07, 6.45) is -3.16. The van der Waals surface area contributed by atoms with E-state index in [1.165, 1.54) is 13.8 Å². The molecule has 6 atom stereocenters. The van der Waals surface area contributed by atoms with Gasteiger partial charge in [0.15, 0.2) is 6.04 Å². The van der Waals surface area contributed by atoms with Gasteiger partial charge in [0.1, 0.15) is 12.1 Å². The minimum Gasteiger partial charge on any atom is -0.480 e. The molecule has 0 aromatic carbocycles. The second kappa shape index (κ2) is 12.8. The van der Waals surface area contributed by atoms with Crippen LogP contribution in [0.15, 0.2) is 0 Å². The van der Waals surface area contributed by atoms with Crippen molar-refractivity contribution in [2.24, 2.45) is 17.4 Å². The molecule has 178 valence electrons. The Hall–Kier alpha value is -2.77. The number of hydrogen-bond acceptors (Lipinski definition) is 8. The second-order valence-electron chi connectivity index (χ2n) is 7.76. The van der Waals surface area contributed by atoms with Gasteiger partial charge in [0.25, 0.3) is 0 Å². The zero-order chi connectivity index (χ0) is 24.5. The number of nitrogens with two attached hydrogens (primary N) is 2. The minimum atomic E-state index is -1.60. The molecule has 4 amide bonds. The maximum atomic E-state index is 12.7. The highest BCUT2D eigenvalue weighted by Gasteiger charge is 2.33. The van der Waals surface area contributed by atoms with Crippen LogP contribution >= 0.6 is 0 Å². The van der Waals surface area contributed by atoms with E-state index in [9.17, 15) is 34.2 Å². The highest BCUT2D eigenvalue weighted by atomic mass is 16.4. The first-order chi connectivity index (χ1) is 14.2. The molecule has 13 nitrogen and oxygen atoms in total. The second-order valence-corrected chi connectivity index (χ2v) is 7.76. The molecule has 0 saturated carbocycles. The molecular weight excluding hydrogens is 414 g/mol. The third-order valence-corrected chi connectivity index (χ3v) is 4.21. The Kier molecular flexibility index (Phi) is 11.7. The van der Waals surface area contributed by atoms with Crippen molar-refractivity contribution in [1.29, 1.82) is 0 Å². The molecular formula is C18H33N5O8. The summed E-state index contributed by atoms with van der Waals surface area (Å²) in [6, 6.07) is -5.67. The van der Waals surface area contributed by atoms with E-state index < -0.39 is 72.4 Å². The minimum absolute atomic E-state index is 0.102. The van der Waals surface area contributed by atoms with Crippen LogP contribution in [0.5, 0.6) is 0 Å². The van der Waals surface area contributed by atoms with Crippen molar-refractivity contribution in [2.45, 2.75) is 76.9 Å². The molecule has 0 radical (unpaired) electrons. The fraction of sp³-hybridized carbons (Fsp3) is 0.722. The number of carboxylic acid groups (broad SMARTS) is 1. The summed E-state index contributed by atoms with van der Waals surface area (Å²) in [6.45, 7) is 5.91. The zero-order valence-corrected chi connectivity index (χ0v) is 18.0. The molecule has 0 bridgehead atoms. The summed E-state index contributed by atoms with van der Waals surface area (Å²) < 4.78 is 0. The van der Waals surface area contributed by atoms with Crippen LogP contribution in [0.25, 0.3) is 0 Å². The number of carboxylic acids is 1. The highest BCUT2D eigenvalue weighted by molar-refractivity contribution is 5.95. The lowest BCUT2D eigenvalue weighted by Crippen LogP contribution is -2.60. The third-order valence-electron chi connectivity index (χ3n) is 4.21. The van der Waals surface area contributed by atoms with Crippen molar-refractivity contribution in [3.8, 4) is 0 Å². The first-order valence-electron chi connectivity index (χ1n) is 9.71. The molecule has 31 heavy (non-hydrogen) atoms. The number of carbonyl (C=O) groups is 5. The summed E-state index contributed by atoms with van der Waals surface area (Å²) in [4.78, 5) is 59.4. The van der Waals surface area contributed by atoms with Crippen LogP contribution in [0.4, 0.5) is 0 Å². The van der Waals surface area contributed by atoms with Gasteiger partial charge in [0, 0.05) is 0 Å². The Balaban J connectivity index is 5.44. The van der Waals surface area contributed by atoms with Crippen LogP contribution in [0, 0.1) is 5.92 Å². The first-order valence-corrected chi connectivity index (χ1v) is 9.71. The maximum absolute atomic E-state index is 12.7. The quantitative estimate of drug-likeness (QED) is 0.140. The largest absolute Gasteiger partial charge is 0.480 e. The van der Waals surface area contributed by atoms with Crippen LogP contribution in [0.2, 0.25) is 0 Å². The monoisotopic (exact) mass is 447 g/mol. The standard InChI is InChI=1S/C18H33N5O8/c1-7(2)5-11(16(28)23-14(9(4)25)18(30)31)21-17(29)13(8(3)24)22-15(27)10(19)6-12(20)26/h7-11,13-14,24-25H,5-6,19H2,1-4H3,(H2,20,26)(H,21,29)(H,22,27)(H,23,28)(H,30,31). The van der Waals surface area contributed by atoms with Crippen molar-refractivity contribution in [1.82, 2.24) is 16.0 Å². The van der Waals surface area contributed by atoms with Gasteiger partial charge in [-0.25, -0.2) is 4.79 Å². The predicted octanol–water partition coefficient (Wildman–Crippen LogP) is -3.46. The van der Waals surface area contributed by atoms with Gasteiger partial charge in [0.2, 0.25) is 23.6 Å². The van der Waals surface area contributed by atoms with E-state index in [1.807, 2.05) is 0 Å². The number of rotatable bonds is 13. The van der Waals surface area contributed by atoms with Gasteiger partial charge < -0.3 is 42.7 Å². The Morgan fingerprint density at radius 1 is 0.806 bits per heavy atom. The Morgan fingerprint density at radius 3 is 1.68 bits per heavy atom. The molecule has 0 aliphatic rings. The van der Waals surface area contributed by atoms with Crippen molar-refractivity contribution < 1.29 is 39.3 Å². The van der Waals surface area contributed by atoms with Gasteiger partial charge in [-0.2, -0.15) is 0 Å². The Bertz CT molecular complexity index is 667. The fourth-order valence-electron chi connectivity index (χ4n) is 2.58. The normalized spacial score (nSPS) is 16.9. The lowest BCUT2D eigenvalue weighted by molar-refractivity contribution is -0.145. The summed E-state index contributed by atoms with van der Waals surface area (Å²) in [5.41, 5.74) is 10.5. The van der Waals surface area contributed by atoms with Crippen LogP contribution in [-0.2, 0) is 24.0 Å². The van der Waals surface area contributed by atoms with Gasteiger partial charge in [-0.05, 0) is 26.2 Å². The average Bonchev–Trinajstić information content (AvgIpc) is 2.60. The maximum Gasteiger partial charge on any atom is 0.328 e. The van der Waals surface area contributed by atoms with Crippen LogP contribution in [-0.4, -0.2) is 81.3 Å². The van der Waals surface area contributed by atoms with Crippen LogP contribution in [0.1, 0.15) is 40.5 Å². The highest BCUT2D eigenvalue weighted by Crippen LogP contribution is 2.08. The van der Waals surface area contributed by atoms with E-state index in [-0.39, 0.29) is 12.3 Å². The number of aliphatic hydroxyl groups is 2. The summed E-state index contributed by atoms with van der Waals surface area (Å²) in [5.74, 6) is -5.11. The van der Waals surface area contributed by atoms with Gasteiger partial charge in [0.05, 0.1) is 24.7 Å². The molecule has 0 saturated heterocycles. The number of hydrogen-bond donors (Lipinski definition) is 8. The number of amides is 4. The molecule has 0 aromatic rings. The van der Waals surface area contributed by atoms with Gasteiger partial charge in [-0.1, -0.05) is 13.8 Å². The molecule has 0 heterocycles. The van der Waals surface area contributed by atoms with Gasteiger partial charge >= 0.3 is 5.97 Å². The SMILES string of the molecule is CC(C)CC(NC(=O)C(NC(=O)C(N)CC(N)=O)C(C)O)C(=O)NC(C(=O)O)C(C)O. The summed E-state index contributed by atoms with van der Waals surface area (Å²) >= 11 is 0. The van der Waals surface area contributed by atoms with Crippen molar-refractivity contribution >= 4 is 29.6 Å². The lowest BCUT2D eigenvalue weighted by atomic mass is 10.0. The van der Waals surface area contributed by atoms with E-state index in [0.717, 1.165) is 0 Å². The number of aliphatic carboxylic acids is 1. The number of aliphatic hydroxyl groups excluding tert-OH is 2. The molecule has 0 aliphatic carbocycles.